The van der Waals surface area contributed by atoms with Crippen molar-refractivity contribution in [3.63, 3.8) is 0 Å². The number of carbonyl (C=O) groups is 2. The van der Waals surface area contributed by atoms with Crippen molar-refractivity contribution in [3.8, 4) is 0 Å². The van der Waals surface area contributed by atoms with Crippen LogP contribution in [0.5, 0.6) is 0 Å². The SMILES string of the molecule is CCCCCCN1C(=O)C(C)NC(=O)C1(C)C1CC1. The maximum Gasteiger partial charge on any atom is 0.246 e. The normalized spacial score (nSPS) is 31.5. The molecule has 4 nitrogen and oxygen atoms in total. The number of unbranched alkanes of at least 4 members (excludes halogenated alkanes) is 3. The Hall–Kier alpha value is -1.06. The molecule has 2 aliphatic rings. The van der Waals surface area contributed by atoms with Gasteiger partial charge in [0, 0.05) is 6.54 Å². The first-order valence-electron chi connectivity index (χ1n) is 7.64. The summed E-state index contributed by atoms with van der Waals surface area (Å²) in [4.78, 5) is 26.6. The van der Waals surface area contributed by atoms with Crippen LogP contribution in [-0.2, 0) is 9.59 Å². The summed E-state index contributed by atoms with van der Waals surface area (Å²) in [5, 5.41) is 2.84. The van der Waals surface area contributed by atoms with Crippen molar-refractivity contribution >= 4 is 11.8 Å². The Bertz CT molecular complexity index is 365. The van der Waals surface area contributed by atoms with Crippen LogP contribution < -0.4 is 5.32 Å². The molecule has 0 aromatic rings. The Kier molecular flexibility index (Phi) is 4.16. The summed E-state index contributed by atoms with van der Waals surface area (Å²) in [6.45, 7) is 6.63. The highest BCUT2D eigenvalue weighted by Crippen LogP contribution is 2.44. The van der Waals surface area contributed by atoms with Gasteiger partial charge in [0.15, 0.2) is 0 Å². The third kappa shape index (κ3) is 2.63. The Morgan fingerprint density at radius 1 is 1.26 bits per heavy atom. The van der Waals surface area contributed by atoms with E-state index in [0.717, 1.165) is 32.2 Å². The summed E-state index contributed by atoms with van der Waals surface area (Å²) in [5.74, 6) is 0.484. The van der Waals surface area contributed by atoms with Gasteiger partial charge in [-0.15, -0.1) is 0 Å². The second-order valence-electron chi connectivity index (χ2n) is 6.17. The summed E-state index contributed by atoms with van der Waals surface area (Å²) < 4.78 is 0. The highest BCUT2D eigenvalue weighted by molar-refractivity contribution is 5.99. The standard InChI is InChI=1S/C15H26N2O2/c1-4-5-6-7-10-17-13(18)11(2)16-14(19)15(17,3)12-8-9-12/h11-12H,4-10H2,1-3H3,(H,16,19). The number of piperazine rings is 1. The molecular formula is C15H26N2O2. The van der Waals surface area contributed by atoms with Crippen molar-refractivity contribution in [1.82, 2.24) is 10.2 Å². The molecule has 1 N–H and O–H groups in total. The quantitative estimate of drug-likeness (QED) is 0.748. The van der Waals surface area contributed by atoms with Gasteiger partial charge < -0.3 is 10.2 Å². The van der Waals surface area contributed by atoms with Crippen molar-refractivity contribution in [2.45, 2.75) is 70.9 Å². The van der Waals surface area contributed by atoms with Crippen LogP contribution in [0.1, 0.15) is 59.3 Å². The van der Waals surface area contributed by atoms with Crippen molar-refractivity contribution in [1.29, 1.82) is 0 Å². The number of nitrogens with one attached hydrogen (secondary N) is 1. The number of nitrogens with zero attached hydrogens (tertiary/aromatic N) is 1. The van der Waals surface area contributed by atoms with E-state index >= 15 is 0 Å². The fourth-order valence-electron chi connectivity index (χ4n) is 3.08. The molecular weight excluding hydrogens is 240 g/mol. The van der Waals surface area contributed by atoms with Crippen LogP contribution in [0.2, 0.25) is 0 Å². The van der Waals surface area contributed by atoms with E-state index < -0.39 is 5.54 Å². The van der Waals surface area contributed by atoms with Crippen molar-refractivity contribution in [3.05, 3.63) is 0 Å². The van der Waals surface area contributed by atoms with E-state index in [0.29, 0.717) is 5.92 Å². The van der Waals surface area contributed by atoms with Gasteiger partial charge in [0.05, 0.1) is 0 Å². The van der Waals surface area contributed by atoms with Crippen molar-refractivity contribution in [2.24, 2.45) is 5.92 Å². The van der Waals surface area contributed by atoms with Crippen molar-refractivity contribution in [2.75, 3.05) is 6.54 Å². The lowest BCUT2D eigenvalue weighted by molar-refractivity contribution is -0.157. The van der Waals surface area contributed by atoms with Gasteiger partial charge in [-0.05, 0) is 39.0 Å². The van der Waals surface area contributed by atoms with Crippen LogP contribution in [0.15, 0.2) is 0 Å². The molecule has 4 heteroatoms. The molecule has 1 saturated heterocycles. The molecule has 0 spiro atoms. The minimum atomic E-state index is -0.601. The van der Waals surface area contributed by atoms with Gasteiger partial charge in [0.25, 0.3) is 0 Å². The first kappa shape index (κ1) is 14.4. The molecule has 1 heterocycles. The highest BCUT2D eigenvalue weighted by Gasteiger charge is 2.56. The van der Waals surface area contributed by atoms with E-state index in [-0.39, 0.29) is 17.9 Å². The van der Waals surface area contributed by atoms with E-state index in [1.165, 1.54) is 12.8 Å². The van der Waals surface area contributed by atoms with Crippen LogP contribution in [0, 0.1) is 5.92 Å². The molecule has 1 saturated carbocycles. The van der Waals surface area contributed by atoms with E-state index in [1.807, 2.05) is 11.8 Å². The zero-order valence-electron chi connectivity index (χ0n) is 12.4. The summed E-state index contributed by atoms with van der Waals surface area (Å²) in [5.41, 5.74) is -0.601. The Balaban J connectivity index is 2.08. The molecule has 2 atom stereocenters. The molecule has 0 radical (unpaired) electrons. The van der Waals surface area contributed by atoms with Crippen LogP contribution in [0.25, 0.3) is 0 Å². The van der Waals surface area contributed by atoms with Crippen LogP contribution in [0.4, 0.5) is 0 Å². The van der Waals surface area contributed by atoms with Gasteiger partial charge in [-0.25, -0.2) is 0 Å². The largest absolute Gasteiger partial charge is 0.343 e. The first-order chi connectivity index (χ1) is 9.01. The Labute approximate surface area is 115 Å². The van der Waals surface area contributed by atoms with Crippen LogP contribution in [0.3, 0.4) is 0 Å². The number of hydrogen-bond donors (Lipinski definition) is 1. The van der Waals surface area contributed by atoms with Crippen LogP contribution >= 0.6 is 0 Å². The Morgan fingerprint density at radius 3 is 2.53 bits per heavy atom. The number of amides is 2. The minimum absolute atomic E-state index is 0.0394. The van der Waals surface area contributed by atoms with Gasteiger partial charge in [0.1, 0.15) is 11.6 Å². The molecule has 1 aliphatic heterocycles. The highest BCUT2D eigenvalue weighted by atomic mass is 16.2. The lowest BCUT2D eigenvalue weighted by Crippen LogP contribution is -2.69. The van der Waals surface area contributed by atoms with E-state index in [9.17, 15) is 9.59 Å². The monoisotopic (exact) mass is 266 g/mol. The third-order valence-corrected chi connectivity index (χ3v) is 4.61. The zero-order chi connectivity index (χ0) is 14.0. The van der Waals surface area contributed by atoms with Gasteiger partial charge >= 0.3 is 0 Å². The number of rotatable bonds is 6. The molecule has 2 rings (SSSR count). The van der Waals surface area contributed by atoms with Gasteiger partial charge in [-0.1, -0.05) is 26.2 Å². The minimum Gasteiger partial charge on any atom is -0.343 e. The van der Waals surface area contributed by atoms with Crippen LogP contribution in [-0.4, -0.2) is 34.8 Å². The van der Waals surface area contributed by atoms with E-state index in [2.05, 4.69) is 12.2 Å². The molecule has 2 unspecified atom stereocenters. The molecule has 2 fully saturated rings. The lowest BCUT2D eigenvalue weighted by atomic mass is 9.88. The molecule has 0 aromatic heterocycles. The second-order valence-corrected chi connectivity index (χ2v) is 6.17. The van der Waals surface area contributed by atoms with E-state index in [4.69, 9.17) is 0 Å². The molecule has 0 aromatic carbocycles. The second kappa shape index (κ2) is 5.51. The number of hydrogen-bond acceptors (Lipinski definition) is 2. The fraction of sp³-hybridized carbons (Fsp3) is 0.867. The molecule has 2 amide bonds. The zero-order valence-corrected chi connectivity index (χ0v) is 12.4. The fourth-order valence-corrected chi connectivity index (χ4v) is 3.08. The third-order valence-electron chi connectivity index (χ3n) is 4.61. The van der Waals surface area contributed by atoms with Gasteiger partial charge in [-0.3, -0.25) is 9.59 Å². The van der Waals surface area contributed by atoms with Gasteiger partial charge in [0.2, 0.25) is 11.8 Å². The molecule has 108 valence electrons. The van der Waals surface area contributed by atoms with Crippen molar-refractivity contribution < 1.29 is 9.59 Å². The molecule has 0 bridgehead atoms. The topological polar surface area (TPSA) is 49.4 Å². The predicted molar refractivity (Wildman–Crippen MR) is 74.6 cm³/mol. The first-order valence-corrected chi connectivity index (χ1v) is 7.64. The predicted octanol–water partition coefficient (Wildman–Crippen LogP) is 2.08. The summed E-state index contributed by atoms with van der Waals surface area (Å²) in [6.07, 6.45) is 6.65. The summed E-state index contributed by atoms with van der Waals surface area (Å²) in [7, 11) is 0. The number of carbonyl (C=O) groups excluding carboxylic acids is 2. The average molecular weight is 266 g/mol. The summed E-state index contributed by atoms with van der Waals surface area (Å²) >= 11 is 0. The lowest BCUT2D eigenvalue weighted by Gasteiger charge is -2.46. The molecule has 19 heavy (non-hydrogen) atoms. The van der Waals surface area contributed by atoms with E-state index in [1.54, 1.807) is 6.92 Å². The maximum absolute atomic E-state index is 12.4. The summed E-state index contributed by atoms with van der Waals surface area (Å²) in [6, 6.07) is -0.370. The average Bonchev–Trinajstić information content (AvgIpc) is 3.20. The Morgan fingerprint density at radius 2 is 1.95 bits per heavy atom. The smallest absolute Gasteiger partial charge is 0.246 e. The van der Waals surface area contributed by atoms with Gasteiger partial charge in [-0.2, -0.15) is 0 Å². The molecule has 1 aliphatic carbocycles. The maximum atomic E-state index is 12.4.